The third-order valence-corrected chi connectivity index (χ3v) is 2.27. The van der Waals surface area contributed by atoms with Crippen LogP contribution in [0.25, 0.3) is 0 Å². The molecule has 1 N–H and O–H groups in total. The van der Waals surface area contributed by atoms with Crippen LogP contribution >= 0.6 is 0 Å². The van der Waals surface area contributed by atoms with Gasteiger partial charge in [-0.3, -0.25) is 0 Å². The van der Waals surface area contributed by atoms with Crippen LogP contribution in [0.3, 0.4) is 0 Å². The molecule has 0 spiro atoms. The second-order valence-corrected chi connectivity index (χ2v) is 3.31. The Morgan fingerprint density at radius 1 is 1.00 bits per heavy atom. The van der Waals surface area contributed by atoms with Crippen molar-refractivity contribution in [1.29, 1.82) is 0 Å². The second-order valence-electron chi connectivity index (χ2n) is 3.31. The van der Waals surface area contributed by atoms with Crippen LogP contribution < -0.4 is 19.5 Å². The molecule has 0 heterocycles. The Kier molecular flexibility index (Phi) is 4.76. The molecule has 0 saturated heterocycles. The van der Waals surface area contributed by atoms with E-state index in [0.29, 0.717) is 17.2 Å². The van der Waals surface area contributed by atoms with Gasteiger partial charge in [0.2, 0.25) is 5.75 Å². The molecule has 0 amide bonds. The molecule has 1 rings (SSSR count). The summed E-state index contributed by atoms with van der Waals surface area (Å²) >= 11 is 0. The fraction of sp³-hybridized carbons (Fsp3) is 0.500. The van der Waals surface area contributed by atoms with E-state index in [1.807, 2.05) is 12.1 Å². The number of methoxy groups -OCH3 is 3. The van der Waals surface area contributed by atoms with Gasteiger partial charge in [0.15, 0.2) is 11.5 Å². The Morgan fingerprint density at radius 3 is 2.19 bits per heavy atom. The average molecular weight is 225 g/mol. The highest BCUT2D eigenvalue weighted by atomic mass is 16.5. The summed E-state index contributed by atoms with van der Waals surface area (Å²) in [5, 5.41) is 3.28. The molecule has 0 aromatic heterocycles. The molecule has 0 aliphatic rings. The van der Waals surface area contributed by atoms with Gasteiger partial charge in [-0.25, -0.2) is 0 Å². The van der Waals surface area contributed by atoms with E-state index in [9.17, 15) is 0 Å². The molecule has 1 aromatic rings. The van der Waals surface area contributed by atoms with Crippen molar-refractivity contribution in [2.75, 3.05) is 33.2 Å². The minimum absolute atomic E-state index is 0.617. The Morgan fingerprint density at radius 2 is 1.69 bits per heavy atom. The molecule has 16 heavy (non-hydrogen) atoms. The van der Waals surface area contributed by atoms with Gasteiger partial charge in [0.05, 0.1) is 27.0 Å². The van der Waals surface area contributed by atoms with Gasteiger partial charge in [0.25, 0.3) is 0 Å². The van der Waals surface area contributed by atoms with Gasteiger partial charge in [0, 0.05) is 6.54 Å². The van der Waals surface area contributed by atoms with E-state index in [0.717, 1.165) is 18.7 Å². The number of nitrogens with one attached hydrogen (secondary N) is 1. The molecule has 0 unspecified atom stereocenters. The number of benzene rings is 1. The molecule has 0 aliphatic heterocycles. The summed E-state index contributed by atoms with van der Waals surface area (Å²) in [7, 11) is 4.83. The van der Waals surface area contributed by atoms with Gasteiger partial charge in [0.1, 0.15) is 0 Å². The Hall–Kier alpha value is -1.58. The van der Waals surface area contributed by atoms with E-state index >= 15 is 0 Å². The van der Waals surface area contributed by atoms with Crippen LogP contribution in [0.1, 0.15) is 13.3 Å². The number of hydrogen-bond donors (Lipinski definition) is 1. The van der Waals surface area contributed by atoms with Crippen molar-refractivity contribution in [3.05, 3.63) is 12.1 Å². The first-order valence-electron chi connectivity index (χ1n) is 5.31. The van der Waals surface area contributed by atoms with Crippen LogP contribution in [0.5, 0.6) is 17.2 Å². The molecule has 0 fully saturated rings. The maximum atomic E-state index is 5.34. The fourth-order valence-electron chi connectivity index (χ4n) is 1.50. The maximum absolute atomic E-state index is 5.34. The lowest BCUT2D eigenvalue weighted by Crippen LogP contribution is -2.03. The van der Waals surface area contributed by atoms with Crippen molar-refractivity contribution in [3.8, 4) is 17.2 Å². The normalized spacial score (nSPS) is 9.75. The van der Waals surface area contributed by atoms with Crippen molar-refractivity contribution in [2.45, 2.75) is 13.3 Å². The molecular weight excluding hydrogens is 206 g/mol. The van der Waals surface area contributed by atoms with Gasteiger partial charge in [-0.05, 0) is 18.6 Å². The molecule has 0 saturated carbocycles. The minimum Gasteiger partial charge on any atom is -0.493 e. The number of hydrogen-bond acceptors (Lipinski definition) is 4. The molecular formula is C12H19NO3. The molecule has 4 heteroatoms. The van der Waals surface area contributed by atoms with E-state index in [4.69, 9.17) is 14.2 Å². The monoisotopic (exact) mass is 225 g/mol. The number of ether oxygens (including phenoxy) is 3. The van der Waals surface area contributed by atoms with Gasteiger partial charge < -0.3 is 19.5 Å². The van der Waals surface area contributed by atoms with Crippen molar-refractivity contribution in [3.63, 3.8) is 0 Å². The lowest BCUT2D eigenvalue weighted by Gasteiger charge is -2.16. The number of anilines is 1. The highest BCUT2D eigenvalue weighted by Crippen LogP contribution is 2.42. The zero-order valence-electron chi connectivity index (χ0n) is 10.3. The lowest BCUT2D eigenvalue weighted by atomic mass is 10.2. The van der Waals surface area contributed by atoms with E-state index in [2.05, 4.69) is 12.2 Å². The SMILES string of the molecule is CCCNc1ccc(OC)c(OC)c1OC. The largest absolute Gasteiger partial charge is 0.493 e. The Bertz CT molecular complexity index is 339. The van der Waals surface area contributed by atoms with Crippen LogP contribution in [0.2, 0.25) is 0 Å². The Balaban J connectivity index is 3.10. The molecule has 90 valence electrons. The van der Waals surface area contributed by atoms with E-state index in [1.165, 1.54) is 0 Å². The van der Waals surface area contributed by atoms with Gasteiger partial charge in [-0.1, -0.05) is 6.92 Å². The summed E-state index contributed by atoms with van der Waals surface area (Å²) in [5.74, 6) is 1.96. The van der Waals surface area contributed by atoms with Gasteiger partial charge in [-0.15, -0.1) is 0 Å². The summed E-state index contributed by atoms with van der Waals surface area (Å²) in [5.41, 5.74) is 0.919. The van der Waals surface area contributed by atoms with E-state index < -0.39 is 0 Å². The molecule has 4 nitrogen and oxygen atoms in total. The van der Waals surface area contributed by atoms with E-state index in [1.54, 1.807) is 21.3 Å². The standard InChI is InChI=1S/C12H19NO3/c1-5-8-13-9-6-7-10(14-2)12(16-4)11(9)15-3/h6-7,13H,5,8H2,1-4H3. The molecule has 0 bridgehead atoms. The summed E-state index contributed by atoms with van der Waals surface area (Å²) in [6, 6.07) is 3.79. The highest BCUT2D eigenvalue weighted by Gasteiger charge is 2.14. The molecule has 0 atom stereocenters. The second kappa shape index (κ2) is 6.10. The van der Waals surface area contributed by atoms with Crippen molar-refractivity contribution in [1.82, 2.24) is 0 Å². The van der Waals surface area contributed by atoms with Gasteiger partial charge >= 0.3 is 0 Å². The topological polar surface area (TPSA) is 39.7 Å². The van der Waals surface area contributed by atoms with Crippen LogP contribution in [0.15, 0.2) is 12.1 Å². The van der Waals surface area contributed by atoms with Crippen LogP contribution in [-0.4, -0.2) is 27.9 Å². The lowest BCUT2D eigenvalue weighted by molar-refractivity contribution is 0.325. The minimum atomic E-state index is 0.617. The Labute approximate surface area is 96.5 Å². The third-order valence-electron chi connectivity index (χ3n) is 2.27. The predicted molar refractivity (Wildman–Crippen MR) is 64.9 cm³/mol. The smallest absolute Gasteiger partial charge is 0.205 e. The van der Waals surface area contributed by atoms with Crippen LogP contribution in [0.4, 0.5) is 5.69 Å². The first-order chi connectivity index (χ1) is 7.78. The molecule has 0 radical (unpaired) electrons. The molecule has 1 aromatic carbocycles. The van der Waals surface area contributed by atoms with E-state index in [-0.39, 0.29) is 0 Å². The fourth-order valence-corrected chi connectivity index (χ4v) is 1.50. The average Bonchev–Trinajstić information content (AvgIpc) is 2.34. The first kappa shape index (κ1) is 12.5. The van der Waals surface area contributed by atoms with Crippen molar-refractivity contribution < 1.29 is 14.2 Å². The number of rotatable bonds is 6. The van der Waals surface area contributed by atoms with Crippen LogP contribution in [-0.2, 0) is 0 Å². The summed E-state index contributed by atoms with van der Waals surface area (Å²) in [6.45, 7) is 3.01. The highest BCUT2D eigenvalue weighted by molar-refractivity contribution is 5.68. The first-order valence-corrected chi connectivity index (χ1v) is 5.31. The summed E-state index contributed by atoms with van der Waals surface area (Å²) in [4.78, 5) is 0. The van der Waals surface area contributed by atoms with Crippen molar-refractivity contribution >= 4 is 5.69 Å². The summed E-state index contributed by atoms with van der Waals surface area (Å²) in [6.07, 6.45) is 1.05. The summed E-state index contributed by atoms with van der Waals surface area (Å²) < 4.78 is 15.8. The zero-order chi connectivity index (χ0) is 12.0. The maximum Gasteiger partial charge on any atom is 0.205 e. The predicted octanol–water partition coefficient (Wildman–Crippen LogP) is 2.53. The quantitative estimate of drug-likeness (QED) is 0.807. The zero-order valence-corrected chi connectivity index (χ0v) is 10.3. The van der Waals surface area contributed by atoms with Crippen molar-refractivity contribution in [2.24, 2.45) is 0 Å². The van der Waals surface area contributed by atoms with Gasteiger partial charge in [-0.2, -0.15) is 0 Å². The third kappa shape index (κ3) is 2.51. The van der Waals surface area contributed by atoms with Crippen LogP contribution in [0, 0.1) is 0 Å². The molecule has 0 aliphatic carbocycles.